The van der Waals surface area contributed by atoms with Gasteiger partial charge in [-0.1, -0.05) is 29.8 Å². The first-order chi connectivity index (χ1) is 13.1. The Balaban J connectivity index is 1.75. The first kappa shape index (κ1) is 17.6. The van der Waals surface area contributed by atoms with Crippen LogP contribution in [-0.2, 0) is 9.53 Å². The van der Waals surface area contributed by atoms with Gasteiger partial charge in [0.1, 0.15) is 16.4 Å². The zero-order valence-electron chi connectivity index (χ0n) is 14.5. The van der Waals surface area contributed by atoms with E-state index in [4.69, 9.17) is 25.8 Å². The monoisotopic (exact) mass is 399 g/mol. The van der Waals surface area contributed by atoms with Crippen LogP contribution in [0.25, 0.3) is 16.2 Å². The Bertz CT molecular complexity index is 1120. The fraction of sp³-hybridized carbons (Fsp3) is 0.100. The summed E-state index contributed by atoms with van der Waals surface area (Å²) < 4.78 is 16.9. The number of cyclic esters (lactones) is 1. The quantitative estimate of drug-likeness (QED) is 0.461. The Morgan fingerprint density at radius 3 is 2.70 bits per heavy atom. The summed E-state index contributed by atoms with van der Waals surface area (Å²) in [7, 11) is 3.13. The van der Waals surface area contributed by atoms with Crippen LogP contribution in [0.5, 0.6) is 11.5 Å². The number of rotatable bonds is 4. The molecule has 27 heavy (non-hydrogen) atoms. The molecule has 1 aliphatic rings. The molecule has 0 saturated heterocycles. The fourth-order valence-electron chi connectivity index (χ4n) is 2.74. The molecule has 0 N–H and O–H groups in total. The maximum atomic E-state index is 12.3. The summed E-state index contributed by atoms with van der Waals surface area (Å²) in [5.41, 5.74) is 0.875. The van der Waals surface area contributed by atoms with Gasteiger partial charge in [0.2, 0.25) is 5.90 Å². The number of esters is 1. The summed E-state index contributed by atoms with van der Waals surface area (Å²) >= 11 is 7.89. The van der Waals surface area contributed by atoms with Crippen LogP contribution in [-0.4, -0.2) is 26.1 Å². The number of thiophene rings is 1. The minimum Gasteiger partial charge on any atom is -0.497 e. The van der Waals surface area contributed by atoms with Crippen molar-refractivity contribution in [2.24, 2.45) is 4.99 Å². The standard InChI is InChI=1S/C20H14ClNO4S/c1-24-12-8-7-11(15(10-12)25-2)9-14-20(23)26-19(22-14)18-17(21)13-5-3-4-6-16(13)27-18/h3-10H,1-2H3/b14-9-. The number of carbonyl (C=O) groups is 1. The molecular formula is C20H14ClNO4S. The van der Waals surface area contributed by atoms with Crippen molar-refractivity contribution in [3.8, 4) is 11.5 Å². The zero-order chi connectivity index (χ0) is 19.0. The molecule has 1 aliphatic heterocycles. The average Bonchev–Trinajstić information content (AvgIpc) is 3.22. The van der Waals surface area contributed by atoms with Gasteiger partial charge >= 0.3 is 5.97 Å². The van der Waals surface area contributed by atoms with Gasteiger partial charge in [-0.3, -0.25) is 0 Å². The second-order valence-electron chi connectivity index (χ2n) is 5.69. The third kappa shape index (κ3) is 3.18. The Morgan fingerprint density at radius 1 is 1.15 bits per heavy atom. The van der Waals surface area contributed by atoms with Gasteiger partial charge in [0.05, 0.1) is 19.2 Å². The van der Waals surface area contributed by atoms with E-state index in [0.29, 0.717) is 27.0 Å². The molecule has 0 spiro atoms. The highest BCUT2D eigenvalue weighted by Gasteiger charge is 2.28. The first-order valence-electron chi connectivity index (χ1n) is 8.02. The number of carbonyl (C=O) groups excluding carboxylic acids is 1. The topological polar surface area (TPSA) is 57.1 Å². The minimum absolute atomic E-state index is 0.182. The van der Waals surface area contributed by atoms with Crippen LogP contribution < -0.4 is 9.47 Å². The molecule has 3 aromatic rings. The lowest BCUT2D eigenvalue weighted by Crippen LogP contribution is -2.04. The van der Waals surface area contributed by atoms with Gasteiger partial charge in [-0.2, -0.15) is 0 Å². The molecule has 0 bridgehead atoms. The fourth-order valence-corrected chi connectivity index (χ4v) is 4.18. The molecule has 0 atom stereocenters. The van der Waals surface area contributed by atoms with Crippen LogP contribution in [0.4, 0.5) is 0 Å². The number of halogens is 1. The summed E-state index contributed by atoms with van der Waals surface area (Å²) in [6.45, 7) is 0. The van der Waals surface area contributed by atoms with E-state index < -0.39 is 5.97 Å². The van der Waals surface area contributed by atoms with Gasteiger partial charge in [0.15, 0.2) is 5.70 Å². The molecule has 1 aromatic heterocycles. The zero-order valence-corrected chi connectivity index (χ0v) is 16.1. The highest BCUT2D eigenvalue weighted by Crippen LogP contribution is 2.37. The molecule has 0 unspecified atom stereocenters. The van der Waals surface area contributed by atoms with Gasteiger partial charge in [-0.05, 0) is 24.3 Å². The molecule has 4 rings (SSSR count). The van der Waals surface area contributed by atoms with Crippen molar-refractivity contribution < 1.29 is 19.0 Å². The van der Waals surface area contributed by atoms with Crippen molar-refractivity contribution in [1.82, 2.24) is 0 Å². The third-order valence-electron chi connectivity index (χ3n) is 4.08. The summed E-state index contributed by atoms with van der Waals surface area (Å²) in [6, 6.07) is 13.0. The van der Waals surface area contributed by atoms with E-state index in [1.54, 1.807) is 38.5 Å². The lowest BCUT2D eigenvalue weighted by molar-refractivity contribution is -0.129. The smallest absolute Gasteiger partial charge is 0.363 e. The number of nitrogens with zero attached hydrogens (tertiary/aromatic N) is 1. The van der Waals surface area contributed by atoms with Gasteiger partial charge in [-0.25, -0.2) is 9.79 Å². The van der Waals surface area contributed by atoms with E-state index in [-0.39, 0.29) is 11.6 Å². The predicted octanol–water partition coefficient (Wildman–Crippen LogP) is 4.92. The van der Waals surface area contributed by atoms with Crippen molar-refractivity contribution in [3.63, 3.8) is 0 Å². The van der Waals surface area contributed by atoms with Crippen molar-refractivity contribution >= 4 is 51.0 Å². The highest BCUT2D eigenvalue weighted by molar-refractivity contribution is 7.21. The number of aliphatic imine (C=N–C) groups is 1. The number of methoxy groups -OCH3 is 2. The van der Waals surface area contributed by atoms with E-state index in [1.807, 2.05) is 24.3 Å². The van der Waals surface area contributed by atoms with Crippen molar-refractivity contribution in [2.45, 2.75) is 0 Å². The van der Waals surface area contributed by atoms with E-state index in [2.05, 4.69) is 4.99 Å². The van der Waals surface area contributed by atoms with Crippen molar-refractivity contribution in [3.05, 3.63) is 63.6 Å². The van der Waals surface area contributed by atoms with Crippen LogP contribution in [0.1, 0.15) is 10.4 Å². The minimum atomic E-state index is -0.531. The lowest BCUT2D eigenvalue weighted by Gasteiger charge is -2.07. The van der Waals surface area contributed by atoms with Crippen LogP contribution in [0.2, 0.25) is 5.02 Å². The second kappa shape index (κ2) is 7.06. The average molecular weight is 400 g/mol. The van der Waals surface area contributed by atoms with Crippen LogP contribution in [0, 0.1) is 0 Å². The molecule has 2 aromatic carbocycles. The summed E-state index contributed by atoms with van der Waals surface area (Å²) in [6.07, 6.45) is 1.62. The van der Waals surface area contributed by atoms with Crippen LogP contribution in [0.3, 0.4) is 0 Å². The molecule has 136 valence electrons. The molecule has 7 heteroatoms. The summed E-state index contributed by atoms with van der Waals surface area (Å²) in [5, 5.41) is 1.44. The Hall–Kier alpha value is -2.83. The number of hydrogen-bond acceptors (Lipinski definition) is 6. The van der Waals surface area contributed by atoms with E-state index in [9.17, 15) is 4.79 Å². The maximum absolute atomic E-state index is 12.3. The molecule has 0 aliphatic carbocycles. The van der Waals surface area contributed by atoms with E-state index in [0.717, 1.165) is 10.1 Å². The lowest BCUT2D eigenvalue weighted by atomic mass is 10.1. The normalized spacial score (nSPS) is 15.1. The molecule has 0 amide bonds. The van der Waals surface area contributed by atoms with Gasteiger partial charge in [0.25, 0.3) is 0 Å². The number of benzene rings is 2. The number of hydrogen-bond donors (Lipinski definition) is 0. The summed E-state index contributed by atoms with van der Waals surface area (Å²) in [4.78, 5) is 17.3. The summed E-state index contributed by atoms with van der Waals surface area (Å²) in [5.74, 6) is 0.906. The Labute approximate surface area is 164 Å². The Morgan fingerprint density at radius 2 is 1.96 bits per heavy atom. The first-order valence-corrected chi connectivity index (χ1v) is 9.22. The third-order valence-corrected chi connectivity index (χ3v) is 5.75. The molecule has 5 nitrogen and oxygen atoms in total. The largest absolute Gasteiger partial charge is 0.497 e. The highest BCUT2D eigenvalue weighted by atomic mass is 35.5. The SMILES string of the molecule is COc1ccc(/C=C2\N=C(c3sc4ccccc4c3Cl)OC2=O)c(OC)c1. The van der Waals surface area contributed by atoms with Crippen molar-refractivity contribution in [1.29, 1.82) is 0 Å². The Kier molecular flexibility index (Phi) is 4.59. The maximum Gasteiger partial charge on any atom is 0.363 e. The van der Waals surface area contributed by atoms with Gasteiger partial charge in [-0.15, -0.1) is 11.3 Å². The number of ether oxygens (including phenoxy) is 3. The second-order valence-corrected chi connectivity index (χ2v) is 7.12. The van der Waals surface area contributed by atoms with E-state index >= 15 is 0 Å². The molecule has 2 heterocycles. The van der Waals surface area contributed by atoms with Gasteiger partial charge < -0.3 is 14.2 Å². The van der Waals surface area contributed by atoms with Crippen molar-refractivity contribution in [2.75, 3.05) is 14.2 Å². The molecule has 0 radical (unpaired) electrons. The number of fused-ring (bicyclic) bond motifs is 1. The molecular weight excluding hydrogens is 386 g/mol. The van der Waals surface area contributed by atoms with Crippen LogP contribution in [0.15, 0.2) is 53.2 Å². The van der Waals surface area contributed by atoms with Crippen LogP contribution >= 0.6 is 22.9 Å². The molecule has 0 saturated carbocycles. The molecule has 0 fully saturated rings. The van der Waals surface area contributed by atoms with E-state index in [1.165, 1.54) is 11.3 Å². The van der Waals surface area contributed by atoms with Gasteiger partial charge in [0, 0.05) is 21.7 Å². The predicted molar refractivity (Wildman–Crippen MR) is 107 cm³/mol.